The minimum absolute atomic E-state index is 0.0333. The Morgan fingerprint density at radius 3 is 2.17 bits per heavy atom. The van der Waals surface area contributed by atoms with Crippen LogP contribution in [0.1, 0.15) is 57.5 Å². The van der Waals surface area contributed by atoms with Gasteiger partial charge >= 0.3 is 6.19 Å². The van der Waals surface area contributed by atoms with Gasteiger partial charge in [-0.05, 0) is 38.5 Å². The Hall–Kier alpha value is -0.935. The van der Waals surface area contributed by atoms with Crippen LogP contribution in [0.15, 0.2) is 23.1 Å². The van der Waals surface area contributed by atoms with Gasteiger partial charge in [-0.1, -0.05) is 33.8 Å². The lowest BCUT2D eigenvalue weighted by atomic mass is 9.49. The SMILES string of the molecule is CC.Cc1ccc(C(=O)N(C)C)cc1SB1OC(C)(C)C1(C)C. The van der Waals surface area contributed by atoms with Crippen LogP contribution in [-0.4, -0.2) is 36.7 Å². The maximum Gasteiger partial charge on any atom is 0.375 e. The molecule has 1 aromatic carbocycles. The Bertz CT molecular complexity index is 570. The van der Waals surface area contributed by atoms with Crippen LogP contribution in [0.4, 0.5) is 0 Å². The molecule has 0 N–H and O–H groups in total. The third-order valence-electron chi connectivity index (χ3n) is 4.62. The summed E-state index contributed by atoms with van der Waals surface area (Å²) in [6.45, 7) is 14.8. The first-order chi connectivity index (χ1) is 10.6. The average Bonchev–Trinajstić information content (AvgIpc) is 2.49. The van der Waals surface area contributed by atoms with E-state index >= 15 is 0 Å². The van der Waals surface area contributed by atoms with Crippen LogP contribution in [0.2, 0.25) is 5.31 Å². The molecule has 0 radical (unpaired) electrons. The van der Waals surface area contributed by atoms with E-state index in [0.717, 1.165) is 10.5 Å². The quantitative estimate of drug-likeness (QED) is 0.737. The van der Waals surface area contributed by atoms with Crippen molar-refractivity contribution in [3.8, 4) is 0 Å². The Morgan fingerprint density at radius 1 is 1.17 bits per heavy atom. The standard InChI is InChI=1S/C16H24BNO2S.C2H6/c1-11-8-9-12(14(19)18(6)7)10-13(11)21-17-15(2,3)16(4,5)20-17;1-2/h8-10H,1-7H3;1-2H3. The van der Waals surface area contributed by atoms with Gasteiger partial charge in [-0.15, -0.1) is 11.6 Å². The Morgan fingerprint density at radius 2 is 1.74 bits per heavy atom. The van der Waals surface area contributed by atoms with Crippen molar-refractivity contribution >= 4 is 23.7 Å². The lowest BCUT2D eigenvalue weighted by molar-refractivity contribution is -0.00483. The van der Waals surface area contributed by atoms with Crippen LogP contribution in [0.5, 0.6) is 0 Å². The highest BCUT2D eigenvalue weighted by Gasteiger charge is 2.59. The highest BCUT2D eigenvalue weighted by Crippen LogP contribution is 2.58. The van der Waals surface area contributed by atoms with E-state index in [1.54, 1.807) is 30.6 Å². The molecule has 0 saturated carbocycles. The molecular weight excluding hydrogens is 305 g/mol. The fourth-order valence-electron chi connectivity index (χ4n) is 2.20. The molecule has 5 heteroatoms. The average molecular weight is 335 g/mol. The number of amides is 1. The van der Waals surface area contributed by atoms with Crippen molar-refractivity contribution in [2.45, 2.75) is 64.3 Å². The maximum atomic E-state index is 12.1. The van der Waals surface area contributed by atoms with Crippen molar-refractivity contribution < 1.29 is 9.45 Å². The highest BCUT2D eigenvalue weighted by molar-refractivity contribution is 8.25. The molecule has 0 aromatic heterocycles. The van der Waals surface area contributed by atoms with Gasteiger partial charge in [-0.3, -0.25) is 4.79 Å². The van der Waals surface area contributed by atoms with Gasteiger partial charge in [0.1, 0.15) is 0 Å². The van der Waals surface area contributed by atoms with Crippen molar-refractivity contribution in [2.24, 2.45) is 0 Å². The first kappa shape index (κ1) is 20.1. The monoisotopic (exact) mass is 335 g/mol. The van der Waals surface area contributed by atoms with Crippen molar-refractivity contribution in [1.29, 1.82) is 0 Å². The Labute approximate surface area is 146 Å². The van der Waals surface area contributed by atoms with Crippen LogP contribution >= 0.6 is 11.6 Å². The fraction of sp³-hybridized carbons (Fsp3) is 0.611. The second-order valence-corrected chi connectivity index (χ2v) is 8.08. The molecule has 0 unspecified atom stereocenters. The maximum absolute atomic E-state index is 12.1. The Kier molecular flexibility index (Phi) is 6.39. The molecule has 0 spiro atoms. The lowest BCUT2D eigenvalue weighted by Gasteiger charge is -2.56. The number of hydrogen-bond donors (Lipinski definition) is 0. The van der Waals surface area contributed by atoms with Crippen molar-refractivity contribution in [3.63, 3.8) is 0 Å². The number of carbonyl (C=O) groups excluding carboxylic acids is 1. The van der Waals surface area contributed by atoms with E-state index < -0.39 is 0 Å². The molecule has 23 heavy (non-hydrogen) atoms. The molecule has 0 bridgehead atoms. The number of nitrogens with zero attached hydrogens (tertiary/aromatic N) is 1. The number of hydrogen-bond acceptors (Lipinski definition) is 3. The lowest BCUT2D eigenvalue weighted by Crippen LogP contribution is -2.59. The summed E-state index contributed by atoms with van der Waals surface area (Å²) in [5.41, 5.74) is 1.80. The number of carbonyl (C=O) groups is 1. The molecule has 0 aliphatic carbocycles. The third-order valence-corrected chi connectivity index (χ3v) is 6.21. The normalized spacial score (nSPS) is 17.7. The van der Waals surface area contributed by atoms with Gasteiger partial charge in [-0.2, -0.15) is 0 Å². The Balaban J connectivity index is 0.00000127. The summed E-state index contributed by atoms with van der Waals surface area (Å²) in [5, 5.41) is 0.103. The van der Waals surface area contributed by atoms with E-state index in [-0.39, 0.29) is 23.0 Å². The molecular formula is C18H30BNO2S. The van der Waals surface area contributed by atoms with E-state index in [1.165, 1.54) is 5.56 Å². The van der Waals surface area contributed by atoms with Crippen LogP contribution in [0.25, 0.3) is 0 Å². The molecule has 1 heterocycles. The summed E-state index contributed by atoms with van der Waals surface area (Å²) < 4.78 is 6.02. The molecule has 1 aliphatic rings. The van der Waals surface area contributed by atoms with E-state index in [9.17, 15) is 4.79 Å². The summed E-state index contributed by atoms with van der Waals surface area (Å²) in [4.78, 5) is 14.8. The molecule has 1 fully saturated rings. The highest BCUT2D eigenvalue weighted by atomic mass is 32.2. The van der Waals surface area contributed by atoms with E-state index in [4.69, 9.17) is 4.65 Å². The van der Waals surface area contributed by atoms with Crippen molar-refractivity contribution in [3.05, 3.63) is 29.3 Å². The van der Waals surface area contributed by atoms with Crippen LogP contribution < -0.4 is 0 Å². The van der Waals surface area contributed by atoms with Gasteiger partial charge in [0.05, 0.1) is 0 Å². The topological polar surface area (TPSA) is 29.5 Å². The summed E-state index contributed by atoms with van der Waals surface area (Å²) in [7, 11) is 3.55. The molecule has 2 rings (SSSR count). The zero-order valence-electron chi connectivity index (χ0n) is 16.0. The fourth-order valence-corrected chi connectivity index (χ4v) is 3.74. The first-order valence-corrected chi connectivity index (χ1v) is 9.11. The zero-order valence-corrected chi connectivity index (χ0v) is 16.8. The summed E-state index contributed by atoms with van der Waals surface area (Å²) >= 11 is 1.72. The number of aryl methyl sites for hydroxylation is 1. The molecule has 3 nitrogen and oxygen atoms in total. The van der Waals surface area contributed by atoms with Gasteiger partial charge < -0.3 is 9.55 Å². The molecule has 1 amide bonds. The third kappa shape index (κ3) is 3.94. The van der Waals surface area contributed by atoms with Gasteiger partial charge in [0.15, 0.2) is 0 Å². The predicted octanol–water partition coefficient (Wildman–Crippen LogP) is 4.89. The van der Waals surface area contributed by atoms with E-state index in [2.05, 4.69) is 34.6 Å². The summed E-state index contributed by atoms with van der Waals surface area (Å²) in [6.07, 6.45) is 0.121. The predicted molar refractivity (Wildman–Crippen MR) is 101 cm³/mol. The van der Waals surface area contributed by atoms with Gasteiger partial charge in [0.25, 0.3) is 5.91 Å². The van der Waals surface area contributed by atoms with E-state index in [1.807, 2.05) is 32.0 Å². The van der Waals surface area contributed by atoms with Crippen LogP contribution in [0, 0.1) is 6.92 Å². The molecule has 1 aromatic rings. The van der Waals surface area contributed by atoms with Crippen molar-refractivity contribution in [2.75, 3.05) is 14.1 Å². The van der Waals surface area contributed by atoms with Gasteiger partial charge in [0, 0.05) is 35.5 Å². The van der Waals surface area contributed by atoms with Gasteiger partial charge in [-0.25, -0.2) is 0 Å². The molecule has 1 aliphatic heterocycles. The van der Waals surface area contributed by atoms with Crippen molar-refractivity contribution in [1.82, 2.24) is 4.90 Å². The van der Waals surface area contributed by atoms with Crippen LogP contribution in [-0.2, 0) is 4.65 Å². The first-order valence-electron chi connectivity index (χ1n) is 8.23. The number of rotatable bonds is 3. The molecule has 1 saturated heterocycles. The summed E-state index contributed by atoms with van der Waals surface area (Å²) in [6, 6.07) is 5.88. The largest absolute Gasteiger partial charge is 0.420 e. The summed E-state index contributed by atoms with van der Waals surface area (Å²) in [5.74, 6) is 0.0333. The van der Waals surface area contributed by atoms with E-state index in [0.29, 0.717) is 0 Å². The zero-order chi connectivity index (χ0) is 18.0. The number of benzene rings is 1. The second-order valence-electron chi connectivity index (χ2n) is 6.98. The smallest absolute Gasteiger partial charge is 0.375 e. The molecule has 0 atom stereocenters. The second kappa shape index (κ2) is 7.31. The van der Waals surface area contributed by atoms with Crippen LogP contribution in [0.3, 0.4) is 0 Å². The van der Waals surface area contributed by atoms with Gasteiger partial charge in [0.2, 0.25) is 0 Å². The minimum atomic E-state index is -0.102. The minimum Gasteiger partial charge on any atom is -0.420 e. The molecule has 128 valence electrons.